The van der Waals surface area contributed by atoms with Crippen LogP contribution in [0.4, 0.5) is 0 Å². The minimum absolute atomic E-state index is 0.344. The highest BCUT2D eigenvalue weighted by molar-refractivity contribution is 5.66. The number of carbonyl (C=O) groups is 1. The van der Waals surface area contributed by atoms with Crippen molar-refractivity contribution in [2.75, 3.05) is 0 Å². The van der Waals surface area contributed by atoms with Gasteiger partial charge in [-0.3, -0.25) is 4.79 Å². The molecule has 0 aliphatic heterocycles. The van der Waals surface area contributed by atoms with Gasteiger partial charge in [0.25, 0.3) is 0 Å². The van der Waals surface area contributed by atoms with Gasteiger partial charge in [-0.1, -0.05) is 70.8 Å². The van der Waals surface area contributed by atoms with Crippen LogP contribution < -0.4 is 0 Å². The second-order valence-electron chi connectivity index (χ2n) is 4.73. The van der Waals surface area contributed by atoms with Gasteiger partial charge < -0.3 is 5.11 Å². The van der Waals surface area contributed by atoms with Gasteiger partial charge in [0.2, 0.25) is 0 Å². The Morgan fingerprint density at radius 2 is 1.28 bits per heavy atom. The number of rotatable bonds is 11. The molecule has 0 saturated heterocycles. The summed E-state index contributed by atoms with van der Waals surface area (Å²) in [6.07, 6.45) is 14.7. The molecule has 0 fully saturated rings. The zero-order valence-electron chi connectivity index (χ0n) is 12.4. The molecule has 0 bridgehead atoms. The number of hydrogen-bond donors (Lipinski definition) is 1. The maximum atomic E-state index is 10.2. The van der Waals surface area contributed by atoms with Crippen LogP contribution in [-0.4, -0.2) is 11.1 Å². The van der Waals surface area contributed by atoms with Crippen molar-refractivity contribution < 1.29 is 9.90 Å². The van der Waals surface area contributed by atoms with E-state index in [4.69, 9.17) is 5.11 Å². The lowest BCUT2D eigenvalue weighted by Crippen LogP contribution is -1.93. The van der Waals surface area contributed by atoms with Gasteiger partial charge in [0.05, 0.1) is 0 Å². The van der Waals surface area contributed by atoms with Crippen LogP contribution in [0.1, 0.15) is 84.5 Å². The van der Waals surface area contributed by atoms with Crippen LogP contribution in [-0.2, 0) is 4.79 Å². The second-order valence-corrected chi connectivity index (χ2v) is 4.73. The van der Waals surface area contributed by atoms with Crippen molar-refractivity contribution in [1.82, 2.24) is 0 Å². The maximum Gasteiger partial charge on any atom is 0.303 e. The highest BCUT2D eigenvalue weighted by atomic mass is 16.4. The molecule has 0 rings (SSSR count). The molecule has 0 atom stereocenters. The molecule has 1 N–H and O–H groups in total. The van der Waals surface area contributed by atoms with Gasteiger partial charge in [0.1, 0.15) is 0 Å². The molecule has 0 aromatic rings. The van der Waals surface area contributed by atoms with Crippen molar-refractivity contribution in [2.45, 2.75) is 84.5 Å². The smallest absolute Gasteiger partial charge is 0.303 e. The summed E-state index contributed by atoms with van der Waals surface area (Å²) < 4.78 is 0. The van der Waals surface area contributed by atoms with Gasteiger partial charge in [-0.25, -0.2) is 0 Å². The lowest BCUT2D eigenvalue weighted by Gasteiger charge is -2.01. The Balaban J connectivity index is 0. The molecule has 0 aromatic carbocycles. The molecule has 0 aliphatic rings. The van der Waals surface area contributed by atoms with Crippen molar-refractivity contribution in [2.24, 2.45) is 0 Å². The average molecular weight is 256 g/mol. The molecule has 0 aromatic heterocycles. The summed E-state index contributed by atoms with van der Waals surface area (Å²) in [5.74, 6) is -0.658. The standard InChI is InChI=1S/C13H26O2.C3H6/c1-2-3-4-5-6-7-8-9-10-11-12-13(14)15;1-3-2/h2-12H2,1H3,(H,14,15);3H,1H2,2H3. The SMILES string of the molecule is C=CC.CCCCCCCCCCCCC(=O)O. The minimum atomic E-state index is -0.658. The van der Waals surface area contributed by atoms with E-state index in [1.54, 1.807) is 6.08 Å². The Hall–Kier alpha value is -0.790. The third kappa shape index (κ3) is 24.4. The first kappa shape index (κ1) is 19.5. The molecule has 2 heteroatoms. The molecular formula is C16H32O2. The maximum absolute atomic E-state index is 10.2. The van der Waals surface area contributed by atoms with Crippen LogP contribution in [0.5, 0.6) is 0 Å². The van der Waals surface area contributed by atoms with E-state index in [2.05, 4.69) is 13.5 Å². The molecule has 0 radical (unpaired) electrons. The molecule has 0 spiro atoms. The number of carboxylic acids is 1. The summed E-state index contributed by atoms with van der Waals surface area (Å²) in [6.45, 7) is 7.49. The Kier molecular flexibility index (Phi) is 20.2. The Morgan fingerprint density at radius 3 is 1.61 bits per heavy atom. The second kappa shape index (κ2) is 18.6. The first-order valence-corrected chi connectivity index (χ1v) is 7.47. The Morgan fingerprint density at radius 1 is 0.944 bits per heavy atom. The van der Waals surface area contributed by atoms with Gasteiger partial charge in [-0.15, -0.1) is 6.58 Å². The largest absolute Gasteiger partial charge is 0.481 e. The van der Waals surface area contributed by atoms with E-state index in [0.29, 0.717) is 6.42 Å². The van der Waals surface area contributed by atoms with E-state index < -0.39 is 5.97 Å². The van der Waals surface area contributed by atoms with Gasteiger partial charge in [0, 0.05) is 6.42 Å². The molecule has 2 nitrogen and oxygen atoms in total. The van der Waals surface area contributed by atoms with E-state index in [1.807, 2.05) is 6.92 Å². The first-order valence-electron chi connectivity index (χ1n) is 7.47. The monoisotopic (exact) mass is 256 g/mol. The van der Waals surface area contributed by atoms with E-state index >= 15 is 0 Å². The van der Waals surface area contributed by atoms with Crippen LogP contribution in [0.15, 0.2) is 12.7 Å². The quantitative estimate of drug-likeness (QED) is 0.387. The lowest BCUT2D eigenvalue weighted by molar-refractivity contribution is -0.137. The third-order valence-corrected chi connectivity index (χ3v) is 2.74. The van der Waals surface area contributed by atoms with Crippen molar-refractivity contribution in [3.8, 4) is 0 Å². The van der Waals surface area contributed by atoms with E-state index in [-0.39, 0.29) is 0 Å². The number of allylic oxidation sites excluding steroid dienone is 1. The summed E-state index contributed by atoms with van der Waals surface area (Å²) >= 11 is 0. The van der Waals surface area contributed by atoms with Crippen LogP contribution in [0, 0.1) is 0 Å². The third-order valence-electron chi connectivity index (χ3n) is 2.74. The first-order chi connectivity index (χ1) is 8.68. The molecular weight excluding hydrogens is 224 g/mol. The van der Waals surface area contributed by atoms with Gasteiger partial charge in [-0.05, 0) is 13.3 Å². The van der Waals surface area contributed by atoms with Crippen molar-refractivity contribution in [3.05, 3.63) is 12.7 Å². The van der Waals surface area contributed by atoms with Crippen LogP contribution in [0.3, 0.4) is 0 Å². The fraction of sp³-hybridized carbons (Fsp3) is 0.812. The number of unbranched alkanes of at least 4 members (excludes halogenated alkanes) is 9. The number of hydrogen-bond acceptors (Lipinski definition) is 1. The average Bonchev–Trinajstić information content (AvgIpc) is 2.32. The molecule has 0 saturated carbocycles. The molecule has 0 aliphatic carbocycles. The van der Waals surface area contributed by atoms with Crippen LogP contribution >= 0.6 is 0 Å². The molecule has 108 valence electrons. The Bertz CT molecular complexity index is 176. The topological polar surface area (TPSA) is 37.3 Å². The van der Waals surface area contributed by atoms with E-state index in [1.165, 1.54) is 51.4 Å². The van der Waals surface area contributed by atoms with E-state index in [9.17, 15) is 4.79 Å². The van der Waals surface area contributed by atoms with Crippen molar-refractivity contribution in [1.29, 1.82) is 0 Å². The van der Waals surface area contributed by atoms with Gasteiger partial charge in [-0.2, -0.15) is 0 Å². The zero-order valence-corrected chi connectivity index (χ0v) is 12.4. The fourth-order valence-electron chi connectivity index (χ4n) is 1.76. The lowest BCUT2D eigenvalue weighted by atomic mass is 10.1. The fourth-order valence-corrected chi connectivity index (χ4v) is 1.76. The summed E-state index contributed by atoms with van der Waals surface area (Å²) in [5, 5.41) is 8.44. The predicted molar refractivity (Wildman–Crippen MR) is 80.0 cm³/mol. The van der Waals surface area contributed by atoms with Crippen LogP contribution in [0.25, 0.3) is 0 Å². The summed E-state index contributed by atoms with van der Waals surface area (Å²) in [4.78, 5) is 10.2. The minimum Gasteiger partial charge on any atom is -0.481 e. The molecule has 0 amide bonds. The highest BCUT2D eigenvalue weighted by Crippen LogP contribution is 2.10. The number of aliphatic carboxylic acids is 1. The van der Waals surface area contributed by atoms with Crippen molar-refractivity contribution in [3.63, 3.8) is 0 Å². The molecule has 18 heavy (non-hydrogen) atoms. The normalized spacial score (nSPS) is 9.44. The van der Waals surface area contributed by atoms with Gasteiger partial charge >= 0.3 is 5.97 Å². The summed E-state index contributed by atoms with van der Waals surface area (Å²) in [7, 11) is 0. The van der Waals surface area contributed by atoms with E-state index in [0.717, 1.165) is 12.8 Å². The Labute approximate surface area is 113 Å². The van der Waals surface area contributed by atoms with Crippen molar-refractivity contribution >= 4 is 5.97 Å². The highest BCUT2D eigenvalue weighted by Gasteiger charge is 1.96. The molecule has 0 heterocycles. The number of carboxylic acid groups (broad SMARTS) is 1. The summed E-state index contributed by atoms with van der Waals surface area (Å²) in [6, 6.07) is 0. The summed E-state index contributed by atoms with van der Waals surface area (Å²) in [5.41, 5.74) is 0. The zero-order chi connectivity index (χ0) is 14.1. The predicted octanol–water partition coefficient (Wildman–Crippen LogP) is 5.57. The van der Waals surface area contributed by atoms with Gasteiger partial charge in [0.15, 0.2) is 0 Å². The van der Waals surface area contributed by atoms with Crippen LogP contribution in [0.2, 0.25) is 0 Å². The molecule has 0 unspecified atom stereocenters.